The van der Waals surface area contributed by atoms with E-state index in [1.807, 2.05) is 12.2 Å². The molecular formula is C18H23F2N3O6S. The Labute approximate surface area is 172 Å². The molecule has 0 aliphatic carbocycles. The first-order chi connectivity index (χ1) is 14.1. The topological polar surface area (TPSA) is 122 Å². The van der Waals surface area contributed by atoms with Crippen LogP contribution in [-0.2, 0) is 24.3 Å². The lowest BCUT2D eigenvalue weighted by atomic mass is 9.98. The van der Waals surface area contributed by atoms with Crippen LogP contribution in [0.15, 0.2) is 23.1 Å². The molecule has 0 bridgehead atoms. The molecule has 3 amide bonds. The number of ether oxygens (including phenoxy) is 1. The number of esters is 1. The number of hydrogen-bond acceptors (Lipinski definition) is 6. The number of piperidine rings is 1. The lowest BCUT2D eigenvalue weighted by Gasteiger charge is -2.30. The molecule has 2 rings (SSSR count). The maximum atomic E-state index is 13.8. The molecule has 0 unspecified atom stereocenters. The predicted molar refractivity (Wildman–Crippen MR) is 101 cm³/mol. The Bertz CT molecular complexity index is 901. The normalized spacial score (nSPS) is 15.4. The molecule has 9 nitrogen and oxygen atoms in total. The fourth-order valence-electron chi connectivity index (χ4n) is 2.85. The molecule has 0 spiro atoms. The standard InChI is InChI=1S/C18H23F2N3O6S/c1-2-7-21-18(26)22-16(24)11-29-17(25)12-5-8-23(9-6-12)30(27,28)15-10-13(19)3-4-14(15)20/h3-4,10,12H,2,5-9,11H2,1H3,(H2,21,22,24,26). The van der Waals surface area contributed by atoms with Crippen LogP contribution < -0.4 is 10.6 Å². The summed E-state index contributed by atoms with van der Waals surface area (Å²) in [5, 5.41) is 4.44. The number of rotatable bonds is 7. The second-order valence-corrected chi connectivity index (χ2v) is 8.57. The average molecular weight is 447 g/mol. The van der Waals surface area contributed by atoms with Gasteiger partial charge in [-0.15, -0.1) is 0 Å². The quantitative estimate of drug-likeness (QED) is 0.605. The Morgan fingerprint density at radius 2 is 1.87 bits per heavy atom. The largest absolute Gasteiger partial charge is 0.455 e. The summed E-state index contributed by atoms with van der Waals surface area (Å²) in [6.45, 7) is 1.40. The first kappa shape index (κ1) is 23.7. The van der Waals surface area contributed by atoms with E-state index in [1.165, 1.54) is 0 Å². The van der Waals surface area contributed by atoms with Crippen molar-refractivity contribution in [3.63, 3.8) is 0 Å². The van der Waals surface area contributed by atoms with E-state index in [1.54, 1.807) is 0 Å². The zero-order chi connectivity index (χ0) is 22.3. The van der Waals surface area contributed by atoms with Crippen LogP contribution in [0.5, 0.6) is 0 Å². The fourth-order valence-corrected chi connectivity index (χ4v) is 4.39. The number of benzene rings is 1. The Hall–Kier alpha value is -2.60. The van der Waals surface area contributed by atoms with Gasteiger partial charge in [0.05, 0.1) is 5.92 Å². The van der Waals surface area contributed by atoms with Crippen LogP contribution in [0.4, 0.5) is 13.6 Å². The van der Waals surface area contributed by atoms with Crippen molar-refractivity contribution in [2.24, 2.45) is 5.92 Å². The number of carbonyl (C=O) groups excluding carboxylic acids is 3. The molecule has 0 atom stereocenters. The highest BCUT2D eigenvalue weighted by atomic mass is 32.2. The lowest BCUT2D eigenvalue weighted by molar-refractivity contribution is -0.153. The predicted octanol–water partition coefficient (Wildman–Crippen LogP) is 1.14. The Morgan fingerprint density at radius 3 is 2.50 bits per heavy atom. The van der Waals surface area contributed by atoms with Gasteiger partial charge in [0.25, 0.3) is 5.91 Å². The van der Waals surface area contributed by atoms with Gasteiger partial charge < -0.3 is 10.1 Å². The lowest BCUT2D eigenvalue weighted by Crippen LogP contribution is -2.43. The van der Waals surface area contributed by atoms with E-state index in [0.717, 1.165) is 16.4 Å². The maximum absolute atomic E-state index is 13.8. The number of halogens is 2. The zero-order valence-corrected chi connectivity index (χ0v) is 17.1. The van der Waals surface area contributed by atoms with Crippen molar-refractivity contribution in [3.8, 4) is 0 Å². The maximum Gasteiger partial charge on any atom is 0.321 e. The van der Waals surface area contributed by atoms with Crippen molar-refractivity contribution in [1.82, 2.24) is 14.9 Å². The van der Waals surface area contributed by atoms with E-state index in [-0.39, 0.29) is 25.9 Å². The molecule has 1 fully saturated rings. The third-order valence-corrected chi connectivity index (χ3v) is 6.35. The van der Waals surface area contributed by atoms with Crippen LogP contribution in [-0.4, -0.2) is 56.9 Å². The van der Waals surface area contributed by atoms with Crippen LogP contribution in [0.1, 0.15) is 26.2 Å². The highest BCUT2D eigenvalue weighted by molar-refractivity contribution is 7.89. The molecule has 1 aromatic carbocycles. The summed E-state index contributed by atoms with van der Waals surface area (Å²) >= 11 is 0. The van der Waals surface area contributed by atoms with Crippen molar-refractivity contribution >= 4 is 27.9 Å². The van der Waals surface area contributed by atoms with Gasteiger partial charge in [0.15, 0.2) is 6.61 Å². The van der Waals surface area contributed by atoms with Crippen LogP contribution in [0.2, 0.25) is 0 Å². The molecule has 1 saturated heterocycles. The number of amides is 3. The third-order valence-electron chi connectivity index (χ3n) is 4.43. The average Bonchev–Trinajstić information content (AvgIpc) is 2.72. The minimum absolute atomic E-state index is 0.0909. The van der Waals surface area contributed by atoms with E-state index < -0.39 is 57.0 Å². The van der Waals surface area contributed by atoms with Gasteiger partial charge in [-0.1, -0.05) is 6.92 Å². The van der Waals surface area contributed by atoms with Crippen LogP contribution >= 0.6 is 0 Å². The summed E-state index contributed by atoms with van der Waals surface area (Å²) < 4.78 is 58.1. The summed E-state index contributed by atoms with van der Waals surface area (Å²) in [4.78, 5) is 34.3. The summed E-state index contributed by atoms with van der Waals surface area (Å²) in [7, 11) is -4.25. The van der Waals surface area contributed by atoms with Crippen LogP contribution in [0.25, 0.3) is 0 Å². The van der Waals surface area contributed by atoms with Gasteiger partial charge in [0.1, 0.15) is 16.5 Å². The number of imide groups is 1. The Kier molecular flexibility index (Phi) is 8.24. The zero-order valence-electron chi connectivity index (χ0n) is 16.3. The van der Waals surface area contributed by atoms with Gasteiger partial charge in [-0.25, -0.2) is 22.0 Å². The number of hydrogen-bond donors (Lipinski definition) is 2. The van der Waals surface area contributed by atoms with Gasteiger partial charge in [0.2, 0.25) is 10.0 Å². The molecule has 0 saturated carbocycles. The number of urea groups is 1. The number of carbonyl (C=O) groups is 3. The number of sulfonamides is 1. The molecule has 0 radical (unpaired) electrons. The number of nitrogens with one attached hydrogen (secondary N) is 2. The smallest absolute Gasteiger partial charge is 0.321 e. The van der Waals surface area contributed by atoms with E-state index >= 15 is 0 Å². The highest BCUT2D eigenvalue weighted by Crippen LogP contribution is 2.26. The molecular weight excluding hydrogens is 424 g/mol. The van der Waals surface area contributed by atoms with Crippen LogP contribution in [0.3, 0.4) is 0 Å². The Morgan fingerprint density at radius 1 is 1.20 bits per heavy atom. The molecule has 1 aliphatic rings. The van der Waals surface area contributed by atoms with Crippen molar-refractivity contribution in [1.29, 1.82) is 0 Å². The summed E-state index contributed by atoms with van der Waals surface area (Å²) in [5.41, 5.74) is 0. The van der Waals surface area contributed by atoms with Crippen molar-refractivity contribution in [2.75, 3.05) is 26.2 Å². The second-order valence-electron chi connectivity index (χ2n) is 6.66. The summed E-state index contributed by atoms with van der Waals surface area (Å²) in [5.74, 6) is -4.09. The molecule has 1 aliphatic heterocycles. The van der Waals surface area contributed by atoms with E-state index in [2.05, 4.69) is 5.32 Å². The van der Waals surface area contributed by atoms with Gasteiger partial charge >= 0.3 is 12.0 Å². The fraction of sp³-hybridized carbons (Fsp3) is 0.500. The molecule has 0 aromatic heterocycles. The third kappa shape index (κ3) is 6.20. The van der Waals surface area contributed by atoms with E-state index in [4.69, 9.17) is 4.74 Å². The monoisotopic (exact) mass is 447 g/mol. The highest BCUT2D eigenvalue weighted by Gasteiger charge is 2.34. The van der Waals surface area contributed by atoms with Gasteiger partial charge in [-0.3, -0.25) is 14.9 Å². The summed E-state index contributed by atoms with van der Waals surface area (Å²) in [6, 6.07) is 1.47. The van der Waals surface area contributed by atoms with Crippen molar-refractivity contribution in [2.45, 2.75) is 31.1 Å². The minimum atomic E-state index is -4.25. The van der Waals surface area contributed by atoms with Gasteiger partial charge in [-0.05, 0) is 37.5 Å². The molecule has 30 heavy (non-hydrogen) atoms. The van der Waals surface area contributed by atoms with Crippen LogP contribution in [0, 0.1) is 17.6 Å². The SMILES string of the molecule is CCCNC(=O)NC(=O)COC(=O)C1CCN(S(=O)(=O)c2cc(F)ccc2F)CC1. The summed E-state index contributed by atoms with van der Waals surface area (Å²) in [6.07, 6.45) is 0.873. The Balaban J connectivity index is 1.85. The molecule has 166 valence electrons. The first-order valence-electron chi connectivity index (χ1n) is 9.34. The second kappa shape index (κ2) is 10.4. The molecule has 1 heterocycles. The number of nitrogens with zero attached hydrogens (tertiary/aromatic N) is 1. The minimum Gasteiger partial charge on any atom is -0.455 e. The van der Waals surface area contributed by atoms with Crippen molar-refractivity contribution in [3.05, 3.63) is 29.8 Å². The molecule has 2 N–H and O–H groups in total. The van der Waals surface area contributed by atoms with Gasteiger partial charge in [-0.2, -0.15) is 4.31 Å². The molecule has 1 aromatic rings. The van der Waals surface area contributed by atoms with E-state index in [0.29, 0.717) is 19.0 Å². The van der Waals surface area contributed by atoms with Crippen molar-refractivity contribution < 1.29 is 36.3 Å². The first-order valence-corrected chi connectivity index (χ1v) is 10.8. The van der Waals surface area contributed by atoms with Gasteiger partial charge in [0, 0.05) is 19.6 Å². The van der Waals surface area contributed by atoms with E-state index in [9.17, 15) is 31.6 Å². The molecule has 12 heteroatoms.